The molecule has 2 N–H and O–H groups in total. The van der Waals surface area contributed by atoms with Gasteiger partial charge in [0.05, 0.1) is 5.69 Å². The fourth-order valence-electron chi connectivity index (χ4n) is 1.60. The first-order valence-electron chi connectivity index (χ1n) is 5.53. The number of fused-ring (bicyclic) bond motifs is 1. The Balaban J connectivity index is 1.81. The topological polar surface area (TPSA) is 73.3 Å². The summed E-state index contributed by atoms with van der Waals surface area (Å²) in [4.78, 5) is 17.9. The van der Waals surface area contributed by atoms with Crippen LogP contribution in [0.5, 0.6) is 0 Å². The van der Waals surface area contributed by atoms with Crippen LogP contribution < -0.4 is 11.3 Å². The molecule has 0 spiro atoms. The second-order valence-electron chi connectivity index (χ2n) is 3.88. The third-order valence-corrected chi connectivity index (χ3v) is 4.23. The third kappa shape index (κ3) is 2.61. The summed E-state index contributed by atoms with van der Waals surface area (Å²) >= 11 is 2.97. The van der Waals surface area contributed by atoms with E-state index in [-0.39, 0.29) is 5.56 Å². The molecule has 0 aliphatic heterocycles. The maximum Gasteiger partial charge on any atom is 0.275 e. The highest BCUT2D eigenvalue weighted by Crippen LogP contribution is 2.22. The minimum atomic E-state index is -0.140. The normalized spacial score (nSPS) is 10.9. The molecule has 0 radical (unpaired) electrons. The maximum absolute atomic E-state index is 11.8. The second-order valence-corrected chi connectivity index (χ2v) is 5.74. The Hall–Kier alpha value is -1.86. The van der Waals surface area contributed by atoms with Crippen molar-refractivity contribution >= 4 is 33.7 Å². The van der Waals surface area contributed by atoms with E-state index in [1.54, 1.807) is 17.3 Å². The molecule has 1 aromatic carbocycles. The number of hydrogen-bond donors (Lipinski definition) is 1. The number of benzene rings is 1. The molecule has 3 aromatic rings. The summed E-state index contributed by atoms with van der Waals surface area (Å²) in [6.07, 6.45) is 0. The fourth-order valence-corrected chi connectivity index (χ4v) is 3.03. The van der Waals surface area contributed by atoms with Gasteiger partial charge in [-0.2, -0.15) is 9.61 Å². The van der Waals surface area contributed by atoms with Crippen molar-refractivity contribution in [3.63, 3.8) is 0 Å². The van der Waals surface area contributed by atoms with Gasteiger partial charge in [0, 0.05) is 22.4 Å². The first-order chi connectivity index (χ1) is 9.22. The van der Waals surface area contributed by atoms with Gasteiger partial charge in [0.25, 0.3) is 5.56 Å². The molecular formula is C12H10N4OS2. The van der Waals surface area contributed by atoms with Gasteiger partial charge in [-0.05, 0) is 24.3 Å². The Morgan fingerprint density at radius 2 is 2.11 bits per heavy atom. The minimum absolute atomic E-state index is 0.140. The largest absolute Gasteiger partial charge is 0.399 e. The summed E-state index contributed by atoms with van der Waals surface area (Å²) in [6.45, 7) is 0. The lowest BCUT2D eigenvalue weighted by Gasteiger charge is -2.02. The van der Waals surface area contributed by atoms with Gasteiger partial charge in [-0.1, -0.05) is 11.3 Å². The zero-order valence-electron chi connectivity index (χ0n) is 9.81. The van der Waals surface area contributed by atoms with Gasteiger partial charge in [0.2, 0.25) is 4.96 Å². The van der Waals surface area contributed by atoms with E-state index < -0.39 is 0 Å². The zero-order chi connectivity index (χ0) is 13.2. The molecule has 19 heavy (non-hydrogen) atoms. The molecule has 2 heterocycles. The molecular weight excluding hydrogens is 280 g/mol. The molecule has 0 atom stereocenters. The predicted molar refractivity (Wildman–Crippen MR) is 77.5 cm³/mol. The third-order valence-electron chi connectivity index (χ3n) is 2.51. The lowest BCUT2D eigenvalue weighted by molar-refractivity contribution is 0.888. The molecule has 3 rings (SSSR count). The second kappa shape index (κ2) is 5.02. The summed E-state index contributed by atoms with van der Waals surface area (Å²) in [6, 6.07) is 9.15. The molecule has 0 saturated heterocycles. The summed E-state index contributed by atoms with van der Waals surface area (Å²) in [5, 5.41) is 3.93. The highest BCUT2D eigenvalue weighted by atomic mass is 32.2. The Bertz CT molecular complexity index is 763. The average Bonchev–Trinajstić information content (AvgIpc) is 2.87. The van der Waals surface area contributed by atoms with E-state index in [1.807, 2.05) is 24.3 Å². The van der Waals surface area contributed by atoms with Crippen LogP contribution in [0.3, 0.4) is 0 Å². The van der Waals surface area contributed by atoms with Gasteiger partial charge in [0.15, 0.2) is 0 Å². The molecule has 5 nitrogen and oxygen atoms in total. The number of aromatic nitrogens is 3. The van der Waals surface area contributed by atoms with E-state index in [4.69, 9.17) is 5.73 Å². The fraction of sp³-hybridized carbons (Fsp3) is 0.0833. The summed E-state index contributed by atoms with van der Waals surface area (Å²) in [5.74, 6) is 0.646. The molecule has 0 aliphatic rings. The smallest absolute Gasteiger partial charge is 0.275 e. The average molecular weight is 290 g/mol. The van der Waals surface area contributed by atoms with Crippen LogP contribution in [0.4, 0.5) is 5.69 Å². The highest BCUT2D eigenvalue weighted by molar-refractivity contribution is 7.98. The van der Waals surface area contributed by atoms with Crippen molar-refractivity contribution in [1.82, 2.24) is 14.6 Å². The van der Waals surface area contributed by atoms with E-state index >= 15 is 0 Å². The minimum Gasteiger partial charge on any atom is -0.399 e. The Morgan fingerprint density at radius 3 is 2.89 bits per heavy atom. The van der Waals surface area contributed by atoms with Crippen LogP contribution in [0.25, 0.3) is 4.96 Å². The van der Waals surface area contributed by atoms with Crippen molar-refractivity contribution in [1.29, 1.82) is 0 Å². The van der Waals surface area contributed by atoms with E-state index in [2.05, 4.69) is 10.1 Å². The number of thioether (sulfide) groups is 1. The quantitative estimate of drug-likeness (QED) is 0.590. The van der Waals surface area contributed by atoms with Gasteiger partial charge in [-0.3, -0.25) is 4.79 Å². The summed E-state index contributed by atoms with van der Waals surface area (Å²) in [5.41, 5.74) is 8.61. The molecule has 0 aliphatic carbocycles. The monoisotopic (exact) mass is 290 g/mol. The Kier molecular flexibility index (Phi) is 3.22. The van der Waals surface area contributed by atoms with Crippen molar-refractivity contribution < 1.29 is 0 Å². The number of nitrogens with two attached hydrogens (primary N) is 1. The standard InChI is InChI=1S/C12H10N4OS2/c13-8-1-3-10(4-2-8)18-6-9-5-11(17)16-12(15-9)19-7-14-16/h1-5,7H,6,13H2. The molecule has 2 aromatic heterocycles. The van der Waals surface area contributed by atoms with E-state index in [9.17, 15) is 4.79 Å². The van der Waals surface area contributed by atoms with Crippen LogP contribution in [0.1, 0.15) is 5.69 Å². The van der Waals surface area contributed by atoms with Gasteiger partial charge in [0.1, 0.15) is 5.51 Å². The van der Waals surface area contributed by atoms with Crippen LogP contribution in [0, 0.1) is 0 Å². The van der Waals surface area contributed by atoms with Crippen molar-refractivity contribution in [3.8, 4) is 0 Å². The SMILES string of the molecule is Nc1ccc(SCc2cc(=O)n3ncsc3n2)cc1. The predicted octanol–water partition coefficient (Wildman–Crippen LogP) is 2.03. The number of rotatable bonds is 3. The van der Waals surface area contributed by atoms with Crippen molar-refractivity contribution in [2.24, 2.45) is 0 Å². The molecule has 0 saturated carbocycles. The van der Waals surface area contributed by atoms with Crippen molar-refractivity contribution in [3.05, 3.63) is 51.9 Å². The van der Waals surface area contributed by atoms with Gasteiger partial charge >= 0.3 is 0 Å². The van der Waals surface area contributed by atoms with Crippen molar-refractivity contribution in [2.45, 2.75) is 10.6 Å². The van der Waals surface area contributed by atoms with Crippen LogP contribution in [-0.2, 0) is 5.75 Å². The van der Waals surface area contributed by atoms with Crippen LogP contribution >= 0.6 is 23.1 Å². The van der Waals surface area contributed by atoms with Gasteiger partial charge in [-0.15, -0.1) is 11.8 Å². The number of nitrogen functional groups attached to an aromatic ring is 1. The van der Waals surface area contributed by atoms with Gasteiger partial charge in [-0.25, -0.2) is 4.98 Å². The van der Waals surface area contributed by atoms with Gasteiger partial charge < -0.3 is 5.73 Å². The Labute approximate surface area is 117 Å². The number of anilines is 1. The molecule has 96 valence electrons. The van der Waals surface area contributed by atoms with E-state index in [1.165, 1.54) is 21.9 Å². The lowest BCUT2D eigenvalue weighted by atomic mass is 10.3. The molecule has 0 bridgehead atoms. The maximum atomic E-state index is 11.8. The molecule has 0 unspecified atom stereocenters. The van der Waals surface area contributed by atoms with Crippen LogP contribution in [0.2, 0.25) is 0 Å². The Morgan fingerprint density at radius 1 is 1.32 bits per heavy atom. The number of nitrogens with zero attached hydrogens (tertiary/aromatic N) is 3. The molecule has 0 fully saturated rings. The van der Waals surface area contributed by atoms with Crippen LogP contribution in [-0.4, -0.2) is 14.6 Å². The van der Waals surface area contributed by atoms with E-state index in [0.717, 1.165) is 16.3 Å². The first-order valence-corrected chi connectivity index (χ1v) is 7.40. The van der Waals surface area contributed by atoms with Crippen molar-refractivity contribution in [2.75, 3.05) is 5.73 Å². The molecule has 7 heteroatoms. The summed E-state index contributed by atoms with van der Waals surface area (Å²) < 4.78 is 1.31. The lowest BCUT2D eigenvalue weighted by Crippen LogP contribution is -2.14. The highest BCUT2D eigenvalue weighted by Gasteiger charge is 2.05. The summed E-state index contributed by atoms with van der Waals surface area (Å²) in [7, 11) is 0. The zero-order valence-corrected chi connectivity index (χ0v) is 11.4. The first kappa shape index (κ1) is 12.2. The molecule has 0 amide bonds. The van der Waals surface area contributed by atoms with E-state index in [0.29, 0.717) is 10.7 Å². The van der Waals surface area contributed by atoms with Crippen LogP contribution in [0.15, 0.2) is 45.5 Å². The number of hydrogen-bond acceptors (Lipinski definition) is 6.